The largest absolute Gasteiger partial charge is 0.465 e. The van der Waals surface area contributed by atoms with Gasteiger partial charge in [-0.2, -0.15) is 0 Å². The summed E-state index contributed by atoms with van der Waals surface area (Å²) in [5, 5.41) is 0. The molecule has 0 saturated carbocycles. The van der Waals surface area contributed by atoms with E-state index < -0.39 is 5.97 Å². The molecule has 0 unspecified atom stereocenters. The summed E-state index contributed by atoms with van der Waals surface area (Å²) < 4.78 is 10.3. The third-order valence-corrected chi connectivity index (χ3v) is 2.82. The monoisotopic (exact) mass is 282 g/mol. The highest BCUT2D eigenvalue weighted by Gasteiger charge is 1.98. The van der Waals surface area contributed by atoms with Gasteiger partial charge in [0.1, 0.15) is 5.75 Å². The van der Waals surface area contributed by atoms with Crippen LogP contribution in [0.2, 0.25) is 0 Å². The van der Waals surface area contributed by atoms with Gasteiger partial charge >= 0.3 is 5.97 Å². The number of rotatable bonds is 6. The number of ether oxygens (including phenoxy) is 2. The van der Waals surface area contributed by atoms with Crippen LogP contribution in [0.1, 0.15) is 13.3 Å². The molecule has 0 spiro atoms. The second-order valence-electron chi connectivity index (χ2n) is 4.48. The summed E-state index contributed by atoms with van der Waals surface area (Å²) in [6.07, 6.45) is 3.43. The van der Waals surface area contributed by atoms with Crippen LogP contribution in [0.15, 0.2) is 66.9 Å². The topological polar surface area (TPSA) is 35.5 Å². The minimum atomic E-state index is -0.391. The van der Waals surface area contributed by atoms with E-state index in [9.17, 15) is 4.79 Å². The molecule has 0 aliphatic rings. The van der Waals surface area contributed by atoms with Crippen LogP contribution in [0.3, 0.4) is 0 Å². The quantitative estimate of drug-likeness (QED) is 0.452. The normalized spacial score (nSPS) is 10.5. The molecular weight excluding hydrogens is 264 g/mol. The van der Waals surface area contributed by atoms with E-state index in [1.165, 1.54) is 12.3 Å². The third kappa shape index (κ3) is 4.80. The first-order chi connectivity index (χ1) is 10.3. The molecule has 0 aromatic heterocycles. The number of carbonyl (C=O) groups is 1. The molecule has 2 aromatic carbocycles. The minimum Gasteiger partial charge on any atom is -0.465 e. The van der Waals surface area contributed by atoms with E-state index in [0.717, 1.165) is 17.5 Å². The van der Waals surface area contributed by atoms with Crippen LogP contribution in [0.25, 0.3) is 11.1 Å². The van der Waals surface area contributed by atoms with Crippen LogP contribution in [-0.4, -0.2) is 12.6 Å². The van der Waals surface area contributed by atoms with Gasteiger partial charge in [-0.25, -0.2) is 4.79 Å². The fourth-order valence-electron chi connectivity index (χ4n) is 1.78. The van der Waals surface area contributed by atoms with Gasteiger partial charge in [-0.3, -0.25) is 0 Å². The lowest BCUT2D eigenvalue weighted by molar-refractivity contribution is -0.137. The van der Waals surface area contributed by atoms with Crippen molar-refractivity contribution in [3.8, 4) is 16.9 Å². The molecule has 21 heavy (non-hydrogen) atoms. The molecule has 0 heterocycles. The first-order valence-electron chi connectivity index (χ1n) is 6.95. The second kappa shape index (κ2) is 7.90. The molecule has 0 aliphatic carbocycles. The molecular formula is C18H18O3. The number of esters is 1. The van der Waals surface area contributed by atoms with Gasteiger partial charge in [-0.05, 0) is 29.7 Å². The summed E-state index contributed by atoms with van der Waals surface area (Å²) in [6.45, 7) is 2.37. The summed E-state index contributed by atoms with van der Waals surface area (Å²) in [7, 11) is 0. The zero-order valence-electron chi connectivity index (χ0n) is 12.0. The standard InChI is InChI=1S/C18H18O3/c1-2-13-21-18(19)12-14-20-17-10-8-16(9-11-17)15-6-4-3-5-7-15/h3-12,14H,2,13H2,1H3. The van der Waals surface area contributed by atoms with Gasteiger partial charge in [-0.15, -0.1) is 0 Å². The fourth-order valence-corrected chi connectivity index (χ4v) is 1.78. The van der Waals surface area contributed by atoms with Crippen LogP contribution in [0.5, 0.6) is 5.75 Å². The molecule has 0 bridgehead atoms. The Bertz CT molecular complexity index is 586. The van der Waals surface area contributed by atoms with Crippen molar-refractivity contribution in [3.05, 3.63) is 66.9 Å². The summed E-state index contributed by atoms with van der Waals surface area (Å²) in [6, 6.07) is 17.8. The Morgan fingerprint density at radius 2 is 1.67 bits per heavy atom. The molecule has 2 aromatic rings. The Morgan fingerprint density at radius 3 is 2.33 bits per heavy atom. The molecule has 108 valence electrons. The highest BCUT2D eigenvalue weighted by atomic mass is 16.5. The Kier molecular flexibility index (Phi) is 5.59. The molecule has 3 nitrogen and oxygen atoms in total. The van der Waals surface area contributed by atoms with Gasteiger partial charge in [0.05, 0.1) is 18.9 Å². The maximum absolute atomic E-state index is 11.2. The van der Waals surface area contributed by atoms with Crippen molar-refractivity contribution >= 4 is 5.97 Å². The van der Waals surface area contributed by atoms with E-state index in [-0.39, 0.29) is 0 Å². The molecule has 2 rings (SSSR count). The summed E-state index contributed by atoms with van der Waals surface area (Å²) in [5.41, 5.74) is 2.28. The van der Waals surface area contributed by atoms with Crippen molar-refractivity contribution in [3.63, 3.8) is 0 Å². The highest BCUT2D eigenvalue weighted by Crippen LogP contribution is 2.22. The molecule has 3 heteroatoms. The van der Waals surface area contributed by atoms with Crippen LogP contribution in [-0.2, 0) is 9.53 Å². The van der Waals surface area contributed by atoms with Crippen LogP contribution < -0.4 is 4.74 Å². The number of hydrogen-bond donors (Lipinski definition) is 0. The van der Waals surface area contributed by atoms with E-state index in [4.69, 9.17) is 9.47 Å². The van der Waals surface area contributed by atoms with Gasteiger partial charge in [-0.1, -0.05) is 49.4 Å². The van der Waals surface area contributed by atoms with Gasteiger partial charge in [0.25, 0.3) is 0 Å². The molecule has 0 radical (unpaired) electrons. The van der Waals surface area contributed by atoms with Crippen molar-refractivity contribution in [1.82, 2.24) is 0 Å². The SMILES string of the molecule is CCCOC(=O)C=COc1ccc(-c2ccccc2)cc1. The summed E-state index contributed by atoms with van der Waals surface area (Å²) >= 11 is 0. The Balaban J connectivity index is 1.91. The molecule has 0 aliphatic heterocycles. The molecule has 0 N–H and O–H groups in total. The van der Waals surface area contributed by atoms with Crippen LogP contribution in [0.4, 0.5) is 0 Å². The van der Waals surface area contributed by atoms with Crippen molar-refractivity contribution in [2.75, 3.05) is 6.61 Å². The Labute approximate surface area is 124 Å². The van der Waals surface area contributed by atoms with Crippen molar-refractivity contribution in [1.29, 1.82) is 0 Å². The summed E-state index contributed by atoms with van der Waals surface area (Å²) in [5.74, 6) is 0.284. The van der Waals surface area contributed by atoms with E-state index >= 15 is 0 Å². The number of carbonyl (C=O) groups excluding carboxylic acids is 1. The van der Waals surface area contributed by atoms with E-state index in [1.54, 1.807) is 0 Å². The van der Waals surface area contributed by atoms with Crippen molar-refractivity contribution in [2.45, 2.75) is 13.3 Å². The first kappa shape index (κ1) is 14.9. The number of hydrogen-bond acceptors (Lipinski definition) is 3. The molecule has 0 saturated heterocycles. The smallest absolute Gasteiger partial charge is 0.333 e. The second-order valence-corrected chi connectivity index (χ2v) is 4.48. The Morgan fingerprint density at radius 1 is 1.00 bits per heavy atom. The zero-order chi connectivity index (χ0) is 14.9. The first-order valence-corrected chi connectivity index (χ1v) is 6.95. The van der Waals surface area contributed by atoms with Gasteiger partial charge in [0.2, 0.25) is 0 Å². The summed E-state index contributed by atoms with van der Waals surface area (Å²) in [4.78, 5) is 11.2. The van der Waals surface area contributed by atoms with E-state index in [0.29, 0.717) is 12.4 Å². The molecule has 0 fully saturated rings. The predicted octanol–water partition coefficient (Wildman–Crippen LogP) is 4.20. The fraction of sp³-hybridized carbons (Fsp3) is 0.167. The van der Waals surface area contributed by atoms with Crippen molar-refractivity contribution < 1.29 is 14.3 Å². The minimum absolute atomic E-state index is 0.391. The third-order valence-electron chi connectivity index (χ3n) is 2.82. The molecule has 0 amide bonds. The Hall–Kier alpha value is -2.55. The highest BCUT2D eigenvalue weighted by molar-refractivity contribution is 5.81. The van der Waals surface area contributed by atoms with Crippen molar-refractivity contribution in [2.24, 2.45) is 0 Å². The maximum Gasteiger partial charge on any atom is 0.333 e. The van der Waals surface area contributed by atoms with Gasteiger partial charge < -0.3 is 9.47 Å². The lowest BCUT2D eigenvalue weighted by Crippen LogP contribution is -2.01. The lowest BCUT2D eigenvalue weighted by Gasteiger charge is -2.04. The van der Waals surface area contributed by atoms with E-state index in [2.05, 4.69) is 12.1 Å². The predicted molar refractivity (Wildman–Crippen MR) is 82.9 cm³/mol. The van der Waals surface area contributed by atoms with Gasteiger partial charge in [0.15, 0.2) is 0 Å². The molecule has 0 atom stereocenters. The average Bonchev–Trinajstić information content (AvgIpc) is 2.54. The maximum atomic E-state index is 11.2. The average molecular weight is 282 g/mol. The van der Waals surface area contributed by atoms with Crippen LogP contribution >= 0.6 is 0 Å². The van der Waals surface area contributed by atoms with Crippen LogP contribution in [0, 0.1) is 0 Å². The van der Waals surface area contributed by atoms with Gasteiger partial charge in [0, 0.05) is 0 Å². The van der Waals surface area contributed by atoms with E-state index in [1.807, 2.05) is 49.4 Å². The number of benzene rings is 2. The lowest BCUT2D eigenvalue weighted by atomic mass is 10.1. The zero-order valence-corrected chi connectivity index (χ0v) is 12.0.